The minimum Gasteiger partial charge on any atom is -0.493 e. The fourth-order valence-corrected chi connectivity index (χ4v) is 4.41. The van der Waals surface area contributed by atoms with E-state index in [1.165, 1.54) is 4.90 Å². The molecule has 0 aromatic heterocycles. The van der Waals surface area contributed by atoms with Crippen LogP contribution in [0, 0.1) is 5.92 Å². The molecule has 0 saturated carbocycles. The van der Waals surface area contributed by atoms with E-state index in [2.05, 4.69) is 5.32 Å². The van der Waals surface area contributed by atoms with Crippen molar-refractivity contribution in [3.05, 3.63) is 29.8 Å². The predicted octanol–water partition coefficient (Wildman–Crippen LogP) is 1.02. The number of imide groups is 1. The third-order valence-electron chi connectivity index (χ3n) is 5.94. The second kappa shape index (κ2) is 7.97. The van der Waals surface area contributed by atoms with Gasteiger partial charge in [-0.2, -0.15) is 0 Å². The van der Waals surface area contributed by atoms with Crippen LogP contribution in [0.1, 0.15) is 31.7 Å². The Labute approximate surface area is 174 Å². The topological polar surface area (TPSA) is 105 Å². The number of esters is 1. The summed E-state index contributed by atoms with van der Waals surface area (Å²) < 4.78 is 10.7. The van der Waals surface area contributed by atoms with Crippen LogP contribution in [0.4, 0.5) is 4.79 Å². The van der Waals surface area contributed by atoms with Gasteiger partial charge in [-0.25, -0.2) is 4.79 Å². The number of likely N-dealkylation sites (tertiary alicyclic amines) is 1. The fourth-order valence-electron chi connectivity index (χ4n) is 4.41. The lowest BCUT2D eigenvalue weighted by Gasteiger charge is -2.34. The molecule has 2 saturated heterocycles. The summed E-state index contributed by atoms with van der Waals surface area (Å²) in [6.07, 6.45) is 1.63. The van der Waals surface area contributed by atoms with Crippen molar-refractivity contribution in [1.29, 1.82) is 0 Å². The van der Waals surface area contributed by atoms with Crippen LogP contribution >= 0.6 is 0 Å². The van der Waals surface area contributed by atoms with Gasteiger partial charge in [-0.05, 0) is 25.8 Å². The standard InChI is InChI=1S/C21H25N3O6/c1-2-29-18(26)14-6-5-10-23(12-14)17(25)13-24-19(27)21(22-20(24)28)9-11-30-16-8-4-3-7-15(16)21/h3-4,7-8,14H,2,5-6,9-13H2,1H3,(H,22,28)/t14-,21-/m1/s1. The van der Waals surface area contributed by atoms with Crippen molar-refractivity contribution in [2.45, 2.75) is 31.7 Å². The number of piperidine rings is 1. The molecule has 9 heteroatoms. The summed E-state index contributed by atoms with van der Waals surface area (Å²) in [6, 6.07) is 6.51. The lowest BCUT2D eigenvalue weighted by molar-refractivity contribution is -0.152. The molecule has 160 valence electrons. The van der Waals surface area contributed by atoms with Gasteiger partial charge < -0.3 is 19.7 Å². The van der Waals surface area contributed by atoms with Crippen molar-refractivity contribution < 1.29 is 28.7 Å². The summed E-state index contributed by atoms with van der Waals surface area (Å²) in [5.41, 5.74) is -0.605. The molecule has 9 nitrogen and oxygen atoms in total. The van der Waals surface area contributed by atoms with E-state index in [4.69, 9.17) is 9.47 Å². The van der Waals surface area contributed by atoms with E-state index in [9.17, 15) is 19.2 Å². The second-order valence-corrected chi connectivity index (χ2v) is 7.75. The minimum atomic E-state index is -1.21. The van der Waals surface area contributed by atoms with E-state index < -0.39 is 17.5 Å². The first-order valence-corrected chi connectivity index (χ1v) is 10.3. The number of carbonyl (C=O) groups is 4. The van der Waals surface area contributed by atoms with Crippen LogP contribution in [0.2, 0.25) is 0 Å². The molecule has 1 aromatic rings. The number of fused-ring (bicyclic) bond motifs is 2. The van der Waals surface area contributed by atoms with Crippen LogP contribution in [0.15, 0.2) is 24.3 Å². The molecule has 0 bridgehead atoms. The smallest absolute Gasteiger partial charge is 0.325 e. The summed E-state index contributed by atoms with van der Waals surface area (Å²) in [6.45, 7) is 2.69. The van der Waals surface area contributed by atoms with E-state index in [1.54, 1.807) is 31.2 Å². The molecule has 2 fully saturated rings. The zero-order chi connectivity index (χ0) is 21.3. The Morgan fingerprint density at radius 3 is 2.90 bits per heavy atom. The predicted molar refractivity (Wildman–Crippen MR) is 104 cm³/mol. The average molecular weight is 415 g/mol. The number of amides is 4. The van der Waals surface area contributed by atoms with Gasteiger partial charge in [0.1, 0.15) is 12.3 Å². The molecular formula is C21H25N3O6. The van der Waals surface area contributed by atoms with E-state index in [-0.39, 0.29) is 37.5 Å². The van der Waals surface area contributed by atoms with Crippen LogP contribution in [0.5, 0.6) is 5.75 Å². The molecule has 0 aliphatic carbocycles. The summed E-state index contributed by atoms with van der Waals surface area (Å²) in [5, 5.41) is 2.79. The van der Waals surface area contributed by atoms with Gasteiger partial charge in [-0.3, -0.25) is 19.3 Å². The Kier molecular flexibility index (Phi) is 5.36. The number of rotatable bonds is 4. The van der Waals surface area contributed by atoms with E-state index in [1.807, 2.05) is 0 Å². The maximum atomic E-state index is 13.3. The first kappa shape index (κ1) is 20.2. The van der Waals surface area contributed by atoms with Gasteiger partial charge in [-0.1, -0.05) is 18.2 Å². The number of carbonyl (C=O) groups excluding carboxylic acids is 4. The summed E-state index contributed by atoms with van der Waals surface area (Å²) >= 11 is 0. The zero-order valence-electron chi connectivity index (χ0n) is 16.9. The van der Waals surface area contributed by atoms with Crippen molar-refractivity contribution in [3.63, 3.8) is 0 Å². The number of nitrogens with zero attached hydrogens (tertiary/aromatic N) is 2. The Balaban J connectivity index is 1.48. The minimum absolute atomic E-state index is 0.239. The lowest BCUT2D eigenvalue weighted by atomic mass is 9.84. The Morgan fingerprint density at radius 1 is 1.30 bits per heavy atom. The van der Waals surface area contributed by atoms with Crippen molar-refractivity contribution >= 4 is 23.8 Å². The Hall–Kier alpha value is -3.10. The molecule has 4 rings (SSSR count). The van der Waals surface area contributed by atoms with Crippen LogP contribution in [0.3, 0.4) is 0 Å². The average Bonchev–Trinajstić information content (AvgIpc) is 2.99. The van der Waals surface area contributed by atoms with Gasteiger partial charge in [0.2, 0.25) is 5.91 Å². The second-order valence-electron chi connectivity index (χ2n) is 7.75. The molecule has 2 atom stereocenters. The molecule has 4 amide bonds. The molecule has 1 aromatic carbocycles. The molecular weight excluding hydrogens is 390 g/mol. The first-order valence-electron chi connectivity index (χ1n) is 10.3. The quantitative estimate of drug-likeness (QED) is 0.581. The van der Waals surface area contributed by atoms with Crippen molar-refractivity contribution in [1.82, 2.24) is 15.1 Å². The lowest BCUT2D eigenvalue weighted by Crippen LogP contribution is -2.49. The number of nitrogens with one attached hydrogen (secondary N) is 1. The van der Waals surface area contributed by atoms with Crippen molar-refractivity contribution in [3.8, 4) is 5.75 Å². The first-order chi connectivity index (χ1) is 14.5. The number of hydrogen-bond donors (Lipinski definition) is 1. The highest BCUT2D eigenvalue weighted by Crippen LogP contribution is 2.40. The highest BCUT2D eigenvalue weighted by Gasteiger charge is 2.55. The van der Waals surface area contributed by atoms with Crippen molar-refractivity contribution in [2.24, 2.45) is 5.92 Å². The van der Waals surface area contributed by atoms with Gasteiger partial charge in [0.15, 0.2) is 5.54 Å². The number of hydrogen-bond acceptors (Lipinski definition) is 6. The van der Waals surface area contributed by atoms with Crippen LogP contribution in [0.25, 0.3) is 0 Å². The SMILES string of the molecule is CCOC(=O)[C@@H]1CCCN(C(=O)CN2C(=O)N[C@@]3(CCOc4ccccc43)C2=O)C1. The number of para-hydroxylation sites is 1. The highest BCUT2D eigenvalue weighted by atomic mass is 16.5. The van der Waals surface area contributed by atoms with Crippen LogP contribution in [-0.2, 0) is 24.7 Å². The molecule has 3 aliphatic heterocycles. The number of benzene rings is 1. The fraction of sp³-hybridized carbons (Fsp3) is 0.524. The van der Waals surface area contributed by atoms with Gasteiger partial charge in [0.25, 0.3) is 5.91 Å². The molecule has 3 heterocycles. The number of ether oxygens (including phenoxy) is 2. The van der Waals surface area contributed by atoms with E-state index >= 15 is 0 Å². The highest BCUT2D eigenvalue weighted by molar-refractivity contribution is 6.09. The maximum Gasteiger partial charge on any atom is 0.325 e. The molecule has 30 heavy (non-hydrogen) atoms. The summed E-state index contributed by atoms with van der Waals surface area (Å²) in [7, 11) is 0. The third kappa shape index (κ3) is 3.38. The maximum absolute atomic E-state index is 13.3. The van der Waals surface area contributed by atoms with Crippen molar-refractivity contribution in [2.75, 3.05) is 32.8 Å². The van der Waals surface area contributed by atoms with Gasteiger partial charge in [0, 0.05) is 25.1 Å². The van der Waals surface area contributed by atoms with Gasteiger partial charge in [-0.15, -0.1) is 0 Å². The van der Waals surface area contributed by atoms with Crippen LogP contribution < -0.4 is 10.1 Å². The zero-order valence-corrected chi connectivity index (χ0v) is 16.9. The molecule has 0 radical (unpaired) electrons. The van der Waals surface area contributed by atoms with E-state index in [0.29, 0.717) is 43.7 Å². The van der Waals surface area contributed by atoms with Gasteiger partial charge in [0.05, 0.1) is 19.1 Å². The number of urea groups is 1. The van der Waals surface area contributed by atoms with Crippen LogP contribution in [-0.4, -0.2) is 66.5 Å². The third-order valence-corrected chi connectivity index (χ3v) is 5.94. The monoisotopic (exact) mass is 415 g/mol. The van der Waals surface area contributed by atoms with E-state index in [0.717, 1.165) is 4.90 Å². The summed E-state index contributed by atoms with van der Waals surface area (Å²) in [4.78, 5) is 53.3. The Bertz CT molecular complexity index is 887. The normalized spacial score (nSPS) is 25.6. The Morgan fingerprint density at radius 2 is 2.10 bits per heavy atom. The molecule has 3 aliphatic rings. The summed E-state index contributed by atoms with van der Waals surface area (Å²) in [5.74, 6) is -0.943. The molecule has 1 N–H and O–H groups in total. The largest absolute Gasteiger partial charge is 0.493 e. The van der Waals surface area contributed by atoms with Gasteiger partial charge >= 0.3 is 12.0 Å². The molecule has 1 spiro atoms. The molecule has 0 unspecified atom stereocenters.